The summed E-state index contributed by atoms with van der Waals surface area (Å²) in [5.41, 5.74) is 6.64. The molecule has 0 radical (unpaired) electrons. The van der Waals surface area contributed by atoms with Crippen LogP contribution in [0.3, 0.4) is 0 Å². The van der Waals surface area contributed by atoms with Crippen LogP contribution in [0, 0.1) is 6.92 Å². The van der Waals surface area contributed by atoms with E-state index in [1.165, 1.54) is 22.3 Å². The number of hydrogen-bond donors (Lipinski definition) is 0. The van der Waals surface area contributed by atoms with Gasteiger partial charge < -0.3 is 4.74 Å². The highest BCUT2D eigenvalue weighted by Gasteiger charge is 2.05. The van der Waals surface area contributed by atoms with Crippen LogP contribution in [0.4, 0.5) is 0 Å². The zero-order valence-electron chi connectivity index (χ0n) is 14.6. The molecule has 0 saturated heterocycles. The van der Waals surface area contributed by atoms with Crippen molar-refractivity contribution in [2.45, 2.75) is 6.92 Å². The average Bonchev–Trinajstić information content (AvgIpc) is 2.67. The fraction of sp³-hybridized carbons (Fsp3) is 0.0870. The Morgan fingerprint density at radius 3 is 2.40 bits per heavy atom. The molecular formula is C23H21NO. The number of aromatic nitrogens is 1. The summed E-state index contributed by atoms with van der Waals surface area (Å²) < 4.78 is 5.31. The number of methoxy groups -OCH3 is 1. The van der Waals surface area contributed by atoms with E-state index in [2.05, 4.69) is 67.0 Å². The Bertz CT molecular complexity index is 911. The van der Waals surface area contributed by atoms with Crippen LogP contribution in [-0.2, 0) is 0 Å². The van der Waals surface area contributed by atoms with Gasteiger partial charge in [0.25, 0.3) is 0 Å². The number of hydrogen-bond acceptors (Lipinski definition) is 2. The Balaban J connectivity index is 1.93. The van der Waals surface area contributed by atoms with E-state index in [9.17, 15) is 0 Å². The lowest BCUT2D eigenvalue weighted by Gasteiger charge is -2.09. The second kappa shape index (κ2) is 7.63. The summed E-state index contributed by atoms with van der Waals surface area (Å²) in [5, 5.41) is 0. The molecule has 0 bridgehead atoms. The summed E-state index contributed by atoms with van der Waals surface area (Å²) in [6.07, 6.45) is 5.84. The van der Waals surface area contributed by atoms with E-state index in [1.807, 2.05) is 24.3 Å². The predicted octanol–water partition coefficient (Wildman–Crippen LogP) is 5.88. The Kier molecular flexibility index (Phi) is 5.10. The number of nitrogens with zero attached hydrogens (tertiary/aromatic N) is 1. The van der Waals surface area contributed by atoms with Gasteiger partial charge in [0, 0.05) is 5.56 Å². The van der Waals surface area contributed by atoms with Gasteiger partial charge in [0.2, 0.25) is 5.88 Å². The van der Waals surface area contributed by atoms with Crippen LogP contribution >= 0.6 is 0 Å². The molecule has 1 aromatic heterocycles. The maximum atomic E-state index is 5.31. The third-order valence-corrected chi connectivity index (χ3v) is 4.22. The number of rotatable bonds is 5. The van der Waals surface area contributed by atoms with Crippen molar-refractivity contribution >= 4 is 18.2 Å². The SMILES string of the molecule is C=Cc1ccc(/C=C/c2cccc(-c3ccccc3)c2C)nc1OC. The number of pyridine rings is 1. The Labute approximate surface area is 149 Å². The van der Waals surface area contributed by atoms with Crippen LogP contribution in [0.2, 0.25) is 0 Å². The fourth-order valence-electron chi connectivity index (χ4n) is 2.82. The molecule has 0 aliphatic heterocycles. The Hall–Kier alpha value is -3.13. The summed E-state index contributed by atoms with van der Waals surface area (Å²) in [4.78, 5) is 4.51. The van der Waals surface area contributed by atoms with E-state index in [4.69, 9.17) is 4.74 Å². The standard InChI is InChI=1S/C23H21NO/c1-4-18-13-15-21(24-23(18)25-3)16-14-19-11-8-12-22(17(19)2)20-9-6-5-7-10-20/h4-16H,1H2,2-3H3/b16-14+. The molecule has 0 aliphatic rings. The molecule has 1 heterocycles. The van der Waals surface area contributed by atoms with Crippen LogP contribution in [-0.4, -0.2) is 12.1 Å². The van der Waals surface area contributed by atoms with Crippen molar-refractivity contribution in [3.63, 3.8) is 0 Å². The van der Waals surface area contributed by atoms with Crippen LogP contribution in [0.25, 0.3) is 29.4 Å². The van der Waals surface area contributed by atoms with Gasteiger partial charge in [0.05, 0.1) is 12.8 Å². The molecule has 2 heteroatoms. The van der Waals surface area contributed by atoms with Gasteiger partial charge in [-0.05, 0) is 47.4 Å². The first-order chi connectivity index (χ1) is 12.2. The molecule has 0 spiro atoms. The molecule has 2 nitrogen and oxygen atoms in total. The lowest BCUT2D eigenvalue weighted by Crippen LogP contribution is -1.93. The molecule has 2 aromatic carbocycles. The van der Waals surface area contributed by atoms with E-state index < -0.39 is 0 Å². The molecule has 3 rings (SSSR count). The summed E-state index contributed by atoms with van der Waals surface area (Å²) >= 11 is 0. The zero-order valence-corrected chi connectivity index (χ0v) is 14.6. The highest BCUT2D eigenvalue weighted by Crippen LogP contribution is 2.26. The first-order valence-electron chi connectivity index (χ1n) is 8.23. The van der Waals surface area contributed by atoms with Gasteiger partial charge in [-0.1, -0.05) is 67.3 Å². The van der Waals surface area contributed by atoms with E-state index in [0.717, 1.165) is 11.3 Å². The topological polar surface area (TPSA) is 22.1 Å². The van der Waals surface area contributed by atoms with Gasteiger partial charge in [-0.2, -0.15) is 0 Å². The third kappa shape index (κ3) is 3.69. The minimum Gasteiger partial charge on any atom is -0.481 e. The minimum absolute atomic E-state index is 0.590. The van der Waals surface area contributed by atoms with Crippen LogP contribution in [0.15, 0.2) is 67.2 Å². The monoisotopic (exact) mass is 327 g/mol. The molecule has 3 aromatic rings. The van der Waals surface area contributed by atoms with Gasteiger partial charge in [-0.25, -0.2) is 4.98 Å². The first-order valence-corrected chi connectivity index (χ1v) is 8.23. The molecular weight excluding hydrogens is 306 g/mol. The molecule has 0 amide bonds. The van der Waals surface area contributed by atoms with Crippen LogP contribution < -0.4 is 4.74 Å². The van der Waals surface area contributed by atoms with Crippen LogP contribution in [0.1, 0.15) is 22.4 Å². The van der Waals surface area contributed by atoms with Gasteiger partial charge in [-0.15, -0.1) is 0 Å². The van der Waals surface area contributed by atoms with Crippen molar-refractivity contribution < 1.29 is 4.74 Å². The summed E-state index contributed by atoms with van der Waals surface area (Å²) in [6, 6.07) is 20.7. The largest absolute Gasteiger partial charge is 0.481 e. The van der Waals surface area contributed by atoms with Gasteiger partial charge in [-0.3, -0.25) is 0 Å². The lowest BCUT2D eigenvalue weighted by atomic mass is 9.96. The van der Waals surface area contributed by atoms with Crippen LogP contribution in [0.5, 0.6) is 5.88 Å². The summed E-state index contributed by atoms with van der Waals surface area (Å²) in [7, 11) is 1.62. The molecule has 0 atom stereocenters. The van der Waals surface area contributed by atoms with E-state index in [0.29, 0.717) is 5.88 Å². The van der Waals surface area contributed by atoms with Gasteiger partial charge in [0.1, 0.15) is 0 Å². The third-order valence-electron chi connectivity index (χ3n) is 4.22. The second-order valence-corrected chi connectivity index (χ2v) is 5.76. The highest BCUT2D eigenvalue weighted by atomic mass is 16.5. The van der Waals surface area contributed by atoms with Gasteiger partial charge in [0.15, 0.2) is 0 Å². The molecule has 0 saturated carbocycles. The Morgan fingerprint density at radius 2 is 1.68 bits per heavy atom. The molecule has 0 N–H and O–H groups in total. The second-order valence-electron chi connectivity index (χ2n) is 5.76. The zero-order chi connectivity index (χ0) is 17.6. The van der Waals surface area contributed by atoms with Crippen molar-refractivity contribution in [1.82, 2.24) is 4.98 Å². The normalized spacial score (nSPS) is 10.8. The summed E-state index contributed by atoms with van der Waals surface area (Å²) in [6.45, 7) is 5.92. The first kappa shape index (κ1) is 16.7. The van der Waals surface area contributed by atoms with Gasteiger partial charge >= 0.3 is 0 Å². The average molecular weight is 327 g/mol. The highest BCUT2D eigenvalue weighted by molar-refractivity contribution is 5.77. The van der Waals surface area contributed by atoms with E-state index >= 15 is 0 Å². The quantitative estimate of drug-likeness (QED) is 0.584. The van der Waals surface area contributed by atoms with Crippen molar-refractivity contribution in [1.29, 1.82) is 0 Å². The molecule has 0 fully saturated rings. The van der Waals surface area contributed by atoms with Crippen molar-refractivity contribution in [2.24, 2.45) is 0 Å². The maximum Gasteiger partial charge on any atom is 0.220 e. The summed E-state index contributed by atoms with van der Waals surface area (Å²) in [5.74, 6) is 0.590. The van der Waals surface area contributed by atoms with Crippen molar-refractivity contribution in [3.05, 3.63) is 89.6 Å². The fourth-order valence-corrected chi connectivity index (χ4v) is 2.82. The maximum absolute atomic E-state index is 5.31. The molecule has 124 valence electrons. The predicted molar refractivity (Wildman–Crippen MR) is 106 cm³/mol. The smallest absolute Gasteiger partial charge is 0.220 e. The Morgan fingerprint density at radius 1 is 0.880 bits per heavy atom. The molecule has 25 heavy (non-hydrogen) atoms. The molecule has 0 aliphatic carbocycles. The van der Waals surface area contributed by atoms with E-state index in [-0.39, 0.29) is 0 Å². The molecule has 0 unspecified atom stereocenters. The minimum atomic E-state index is 0.590. The number of ether oxygens (including phenoxy) is 1. The van der Waals surface area contributed by atoms with Crippen molar-refractivity contribution in [2.75, 3.05) is 7.11 Å². The lowest BCUT2D eigenvalue weighted by molar-refractivity contribution is 0.396. The van der Waals surface area contributed by atoms with E-state index in [1.54, 1.807) is 13.2 Å². The van der Waals surface area contributed by atoms with Crippen molar-refractivity contribution in [3.8, 4) is 17.0 Å². The number of benzene rings is 2.